The van der Waals surface area contributed by atoms with E-state index in [0.29, 0.717) is 0 Å². The van der Waals surface area contributed by atoms with Crippen LogP contribution in [0.2, 0.25) is 0 Å². The third kappa shape index (κ3) is 2.78. The lowest BCUT2D eigenvalue weighted by atomic mass is 10.2. The summed E-state index contributed by atoms with van der Waals surface area (Å²) in [7, 11) is 5.63. The van der Waals surface area contributed by atoms with Crippen LogP contribution in [-0.4, -0.2) is 16.2 Å². The number of hydrogen-bond acceptors (Lipinski definition) is 4. The van der Waals surface area contributed by atoms with Crippen LogP contribution < -0.4 is 21.7 Å². The monoisotopic (exact) mass is 380 g/mol. The molecule has 22 heavy (non-hydrogen) atoms. The molecule has 0 fully saturated rings. The molecular weight excluding hydrogens is 364 g/mol. The number of ether oxygens (including phenoxy) is 1. The SMILES string of the molecule is COc1cn(C)[c+](N=Nc2c(C)n(C)c3ccccc23)s1.[Br-]. The number of methoxy groups -OCH3 is 1. The van der Waals surface area contributed by atoms with E-state index in [0.717, 1.165) is 32.5 Å². The van der Waals surface area contributed by atoms with Crippen LogP contribution in [0.15, 0.2) is 40.7 Å². The highest BCUT2D eigenvalue weighted by Gasteiger charge is 2.16. The molecule has 0 saturated heterocycles. The quantitative estimate of drug-likeness (QED) is 0.502. The first-order valence-electron chi connectivity index (χ1n) is 6.61. The van der Waals surface area contributed by atoms with Gasteiger partial charge in [0.05, 0.1) is 24.0 Å². The predicted molar refractivity (Wildman–Crippen MR) is 86.1 cm³/mol. The molecule has 2 heterocycles. The number of rotatable bonds is 3. The van der Waals surface area contributed by atoms with E-state index in [1.54, 1.807) is 7.11 Å². The molecule has 0 unspecified atom stereocenters. The Bertz CT molecular complexity index is 838. The summed E-state index contributed by atoms with van der Waals surface area (Å²) in [4.78, 5) is 0. The zero-order chi connectivity index (χ0) is 15.0. The topological polar surface area (TPSA) is 43.8 Å². The average molecular weight is 381 g/mol. The molecule has 0 aliphatic rings. The number of aromatic nitrogens is 2. The predicted octanol–water partition coefficient (Wildman–Crippen LogP) is 1.60. The summed E-state index contributed by atoms with van der Waals surface area (Å²) in [5.41, 5.74) is 3.18. The summed E-state index contributed by atoms with van der Waals surface area (Å²) < 4.78 is 9.27. The Balaban J connectivity index is 0.00000176. The molecule has 116 valence electrons. The summed E-state index contributed by atoms with van der Waals surface area (Å²) in [5, 5.41) is 11.6. The maximum Gasteiger partial charge on any atom is 0.345 e. The van der Waals surface area contributed by atoms with Gasteiger partial charge >= 0.3 is 10.2 Å². The van der Waals surface area contributed by atoms with E-state index < -0.39 is 0 Å². The maximum atomic E-state index is 5.22. The largest absolute Gasteiger partial charge is 1.00 e. The first-order chi connectivity index (χ1) is 10.1. The molecule has 0 aliphatic heterocycles. The minimum Gasteiger partial charge on any atom is -1.00 e. The van der Waals surface area contributed by atoms with Gasteiger partial charge in [-0.25, -0.2) is 4.57 Å². The van der Waals surface area contributed by atoms with Gasteiger partial charge in [-0.2, -0.15) is 0 Å². The summed E-state index contributed by atoms with van der Waals surface area (Å²) in [6.07, 6.45) is 1.90. The highest BCUT2D eigenvalue weighted by molar-refractivity contribution is 7.17. The van der Waals surface area contributed by atoms with Crippen LogP contribution in [0.1, 0.15) is 5.69 Å². The van der Waals surface area contributed by atoms with Crippen molar-refractivity contribution in [1.29, 1.82) is 0 Å². The smallest absolute Gasteiger partial charge is 0.345 e. The fraction of sp³-hybridized carbons (Fsp3) is 0.267. The molecule has 5 nitrogen and oxygen atoms in total. The molecule has 0 amide bonds. The van der Waals surface area contributed by atoms with Crippen molar-refractivity contribution in [3.05, 3.63) is 36.2 Å². The molecule has 3 aromatic rings. The van der Waals surface area contributed by atoms with Crippen molar-refractivity contribution in [2.75, 3.05) is 7.11 Å². The Morgan fingerprint density at radius 1 is 1.23 bits per heavy atom. The number of fused-ring (bicyclic) bond motifs is 1. The van der Waals surface area contributed by atoms with Gasteiger partial charge < -0.3 is 26.3 Å². The number of halogens is 1. The van der Waals surface area contributed by atoms with Crippen molar-refractivity contribution < 1.29 is 21.7 Å². The number of nitrogens with zero attached hydrogens (tertiary/aromatic N) is 4. The Morgan fingerprint density at radius 3 is 2.64 bits per heavy atom. The van der Waals surface area contributed by atoms with Gasteiger partial charge in [-0.05, 0) is 18.1 Å². The third-order valence-corrected chi connectivity index (χ3v) is 4.62. The van der Waals surface area contributed by atoms with Crippen LogP contribution >= 0.6 is 11.3 Å². The molecule has 3 rings (SSSR count). The fourth-order valence-electron chi connectivity index (χ4n) is 2.31. The van der Waals surface area contributed by atoms with Crippen LogP contribution in [0.3, 0.4) is 0 Å². The van der Waals surface area contributed by atoms with Crippen molar-refractivity contribution in [3.8, 4) is 5.06 Å². The second kappa shape index (κ2) is 6.58. The van der Waals surface area contributed by atoms with Gasteiger partial charge in [-0.1, -0.05) is 18.2 Å². The number of thiazole rings is 1. The zero-order valence-electron chi connectivity index (χ0n) is 12.9. The Morgan fingerprint density at radius 2 is 1.95 bits per heavy atom. The van der Waals surface area contributed by atoms with Crippen LogP contribution in [0.25, 0.3) is 10.9 Å². The molecule has 0 saturated carbocycles. The van der Waals surface area contributed by atoms with E-state index in [-0.39, 0.29) is 17.0 Å². The maximum absolute atomic E-state index is 5.22. The molecule has 0 atom stereocenters. The average Bonchev–Trinajstić information content (AvgIpc) is 2.97. The molecule has 0 N–H and O–H groups in total. The van der Waals surface area contributed by atoms with Gasteiger partial charge in [0.25, 0.3) is 0 Å². The number of azo groups is 1. The lowest BCUT2D eigenvalue weighted by Gasteiger charge is -1.96. The van der Waals surface area contributed by atoms with E-state index in [4.69, 9.17) is 4.74 Å². The molecule has 0 aliphatic carbocycles. The highest BCUT2D eigenvalue weighted by Crippen LogP contribution is 2.35. The normalized spacial score (nSPS) is 11.1. The lowest BCUT2D eigenvalue weighted by molar-refractivity contribution is -0.00000466. The molecule has 1 aromatic carbocycles. The minimum absolute atomic E-state index is 0. The summed E-state index contributed by atoms with van der Waals surface area (Å²) in [6.45, 7) is 2.06. The van der Waals surface area contributed by atoms with Crippen molar-refractivity contribution in [3.63, 3.8) is 0 Å². The first-order valence-corrected chi connectivity index (χ1v) is 7.42. The van der Waals surface area contributed by atoms with Crippen molar-refractivity contribution in [2.45, 2.75) is 6.92 Å². The molecule has 7 heteroatoms. The molecular formula is C15H17BrN4OS. The highest BCUT2D eigenvalue weighted by atomic mass is 79.9. The molecule has 0 radical (unpaired) electrons. The Labute approximate surface area is 143 Å². The second-order valence-electron chi connectivity index (χ2n) is 4.86. The summed E-state index contributed by atoms with van der Waals surface area (Å²) >= 11 is 1.47. The number of aryl methyl sites for hydroxylation is 2. The Kier molecular flexibility index (Phi) is 4.97. The lowest BCUT2D eigenvalue weighted by Crippen LogP contribution is -3.00. The van der Waals surface area contributed by atoms with Crippen molar-refractivity contribution >= 4 is 33.1 Å². The number of para-hydroxylation sites is 1. The van der Waals surface area contributed by atoms with E-state index in [1.807, 2.05) is 37.0 Å². The van der Waals surface area contributed by atoms with Gasteiger partial charge in [0.1, 0.15) is 5.69 Å². The van der Waals surface area contributed by atoms with Crippen LogP contribution in [0.5, 0.6) is 5.06 Å². The van der Waals surface area contributed by atoms with E-state index in [1.165, 1.54) is 11.3 Å². The van der Waals surface area contributed by atoms with E-state index in [2.05, 4.69) is 33.9 Å². The summed E-state index contributed by atoms with van der Waals surface area (Å²) in [6, 6.07) is 8.23. The molecule has 0 bridgehead atoms. The van der Waals surface area contributed by atoms with Crippen LogP contribution in [0.4, 0.5) is 10.8 Å². The van der Waals surface area contributed by atoms with Crippen LogP contribution in [0, 0.1) is 6.92 Å². The Hall–Kier alpha value is -1.73. The minimum atomic E-state index is 0. The summed E-state index contributed by atoms with van der Waals surface area (Å²) in [5.74, 6) is 0. The van der Waals surface area contributed by atoms with Crippen LogP contribution in [-0.2, 0) is 14.1 Å². The van der Waals surface area contributed by atoms with E-state index in [9.17, 15) is 0 Å². The van der Waals surface area contributed by atoms with Gasteiger partial charge in [0.15, 0.2) is 0 Å². The van der Waals surface area contributed by atoms with Gasteiger partial charge in [0, 0.05) is 25.2 Å². The third-order valence-electron chi connectivity index (χ3n) is 3.60. The zero-order valence-corrected chi connectivity index (χ0v) is 15.3. The number of benzene rings is 1. The van der Waals surface area contributed by atoms with E-state index >= 15 is 0 Å². The molecule has 2 aromatic heterocycles. The van der Waals surface area contributed by atoms with Crippen molar-refractivity contribution in [1.82, 2.24) is 9.13 Å². The molecule has 0 spiro atoms. The van der Waals surface area contributed by atoms with Crippen molar-refractivity contribution in [2.24, 2.45) is 24.3 Å². The fourth-order valence-corrected chi connectivity index (χ4v) is 3.06. The standard InChI is InChI=1S/C15H17N4OS.BrH/c1-10-14(11-7-5-6-8-12(11)19(10)3)16-17-15-18(2)9-13(20-4)21-15;/h5-9H,1-4H3;1H/q+1;/p-1. The van der Waals surface area contributed by atoms with Gasteiger partial charge in [-0.3, -0.25) is 0 Å². The first kappa shape index (κ1) is 16.6. The second-order valence-corrected chi connectivity index (χ2v) is 5.83. The van der Waals surface area contributed by atoms with Gasteiger partial charge in [0.2, 0.25) is 6.20 Å². The number of hydrogen-bond donors (Lipinski definition) is 0. The van der Waals surface area contributed by atoms with Gasteiger partial charge in [-0.15, -0.1) is 5.11 Å².